The lowest BCUT2D eigenvalue weighted by molar-refractivity contribution is -0.141. The van der Waals surface area contributed by atoms with Crippen LogP contribution in [0.2, 0.25) is 0 Å². The first kappa shape index (κ1) is 22.7. The number of carbonyl (C=O) groups excluding carboxylic acids is 1. The molecule has 5 nitrogen and oxygen atoms in total. The van der Waals surface area contributed by atoms with Gasteiger partial charge in [-0.15, -0.1) is 11.8 Å². The normalized spacial score (nSPS) is 18.2. The van der Waals surface area contributed by atoms with Gasteiger partial charge in [0.05, 0.1) is 5.56 Å². The Kier molecular flexibility index (Phi) is 6.33. The standard InChI is InChI=1S/C24H18F3NO4S/c25-24(26,27)17-11-9-15(10-12-17)21(29)28-20(23(30)31)14-33-22(28)16-5-4-8-19(13-16)32-18-6-2-1-3-7-18/h1-13,20,22H,14H2,(H,30,31). The van der Waals surface area contributed by atoms with Crippen LogP contribution >= 0.6 is 11.8 Å². The third-order valence-corrected chi connectivity index (χ3v) is 6.42. The summed E-state index contributed by atoms with van der Waals surface area (Å²) in [5, 5.41) is 9.03. The van der Waals surface area contributed by atoms with E-state index in [1.54, 1.807) is 36.4 Å². The molecule has 2 atom stereocenters. The third-order valence-electron chi connectivity index (χ3n) is 5.10. The molecule has 2 unspecified atom stereocenters. The second-order valence-electron chi connectivity index (χ2n) is 7.31. The maximum absolute atomic E-state index is 13.2. The minimum Gasteiger partial charge on any atom is -0.480 e. The summed E-state index contributed by atoms with van der Waals surface area (Å²) in [5.74, 6) is -0.548. The van der Waals surface area contributed by atoms with Gasteiger partial charge in [-0.05, 0) is 54.1 Å². The van der Waals surface area contributed by atoms with Crippen LogP contribution in [0.5, 0.6) is 11.5 Å². The topological polar surface area (TPSA) is 66.8 Å². The Morgan fingerprint density at radius 2 is 1.61 bits per heavy atom. The van der Waals surface area contributed by atoms with Crippen molar-refractivity contribution >= 4 is 23.6 Å². The number of benzene rings is 3. The highest BCUT2D eigenvalue weighted by Crippen LogP contribution is 2.43. The molecule has 0 radical (unpaired) electrons. The molecule has 0 spiro atoms. The van der Waals surface area contributed by atoms with Crippen molar-refractivity contribution in [3.8, 4) is 11.5 Å². The minimum absolute atomic E-state index is 0.0153. The van der Waals surface area contributed by atoms with Crippen molar-refractivity contribution in [2.45, 2.75) is 17.6 Å². The van der Waals surface area contributed by atoms with E-state index in [-0.39, 0.29) is 11.3 Å². The van der Waals surface area contributed by atoms with Crippen molar-refractivity contribution in [3.05, 3.63) is 95.6 Å². The van der Waals surface area contributed by atoms with Gasteiger partial charge < -0.3 is 14.7 Å². The van der Waals surface area contributed by atoms with Crippen LogP contribution in [0.4, 0.5) is 13.2 Å². The van der Waals surface area contributed by atoms with Crippen molar-refractivity contribution in [1.29, 1.82) is 0 Å². The van der Waals surface area contributed by atoms with Crippen LogP contribution in [-0.4, -0.2) is 33.7 Å². The van der Waals surface area contributed by atoms with Crippen molar-refractivity contribution in [2.75, 3.05) is 5.75 Å². The molecule has 1 amide bonds. The Morgan fingerprint density at radius 1 is 0.939 bits per heavy atom. The van der Waals surface area contributed by atoms with E-state index in [9.17, 15) is 27.9 Å². The summed E-state index contributed by atoms with van der Waals surface area (Å²) in [6.07, 6.45) is -4.53. The molecule has 4 rings (SSSR count). The smallest absolute Gasteiger partial charge is 0.416 e. The lowest BCUT2D eigenvalue weighted by Crippen LogP contribution is -2.43. The van der Waals surface area contributed by atoms with Crippen LogP contribution in [0.15, 0.2) is 78.9 Å². The summed E-state index contributed by atoms with van der Waals surface area (Å²) in [7, 11) is 0. The second-order valence-corrected chi connectivity index (χ2v) is 8.43. The molecule has 1 fully saturated rings. The van der Waals surface area contributed by atoms with Gasteiger partial charge in [0.1, 0.15) is 22.9 Å². The number of nitrogens with zero attached hydrogens (tertiary/aromatic N) is 1. The van der Waals surface area contributed by atoms with Gasteiger partial charge in [0, 0.05) is 11.3 Å². The molecule has 1 aliphatic heterocycles. The zero-order valence-electron chi connectivity index (χ0n) is 17.0. The monoisotopic (exact) mass is 473 g/mol. The first-order chi connectivity index (χ1) is 15.7. The number of aliphatic carboxylic acids is 1. The molecule has 9 heteroatoms. The second kappa shape index (κ2) is 9.19. The Balaban J connectivity index is 1.63. The molecule has 0 aromatic heterocycles. The molecular formula is C24H18F3NO4S. The van der Waals surface area contributed by atoms with E-state index in [4.69, 9.17) is 4.74 Å². The summed E-state index contributed by atoms with van der Waals surface area (Å²) in [5.41, 5.74) is -0.247. The number of carboxylic acids is 1. The highest BCUT2D eigenvalue weighted by molar-refractivity contribution is 7.99. The lowest BCUT2D eigenvalue weighted by Gasteiger charge is -2.28. The SMILES string of the molecule is O=C(O)C1CSC(c2cccc(Oc3ccccc3)c2)N1C(=O)c1ccc(C(F)(F)F)cc1. The third kappa shape index (κ3) is 4.98. The maximum atomic E-state index is 13.2. The van der Waals surface area contributed by atoms with Gasteiger partial charge in [-0.1, -0.05) is 30.3 Å². The van der Waals surface area contributed by atoms with Crippen LogP contribution in [0.25, 0.3) is 0 Å². The van der Waals surface area contributed by atoms with Crippen molar-refractivity contribution in [1.82, 2.24) is 4.90 Å². The summed E-state index contributed by atoms with van der Waals surface area (Å²) in [6, 6.07) is 18.7. The van der Waals surface area contributed by atoms with Crippen LogP contribution in [0.3, 0.4) is 0 Å². The fourth-order valence-electron chi connectivity index (χ4n) is 3.51. The van der Waals surface area contributed by atoms with Crippen LogP contribution in [0, 0.1) is 0 Å². The van der Waals surface area contributed by atoms with Crippen molar-refractivity contribution in [2.24, 2.45) is 0 Å². The molecule has 1 heterocycles. The molecule has 0 bridgehead atoms. The number of halogens is 3. The number of carbonyl (C=O) groups is 2. The summed E-state index contributed by atoms with van der Waals surface area (Å²) in [6.45, 7) is 0. The average molecular weight is 473 g/mol. The van der Waals surface area contributed by atoms with Gasteiger partial charge in [0.2, 0.25) is 0 Å². The highest BCUT2D eigenvalue weighted by Gasteiger charge is 2.43. The zero-order chi connectivity index (χ0) is 23.6. The van der Waals surface area contributed by atoms with E-state index in [1.807, 2.05) is 18.2 Å². The molecule has 1 aliphatic rings. The first-order valence-corrected chi connectivity index (χ1v) is 11.0. The van der Waals surface area contributed by atoms with Crippen LogP contribution < -0.4 is 4.74 Å². The van der Waals surface area contributed by atoms with Gasteiger partial charge in [0.25, 0.3) is 5.91 Å². The Labute approximate surface area is 191 Å². The Bertz CT molecular complexity index is 1150. The average Bonchev–Trinajstić information content (AvgIpc) is 3.25. The predicted molar refractivity (Wildman–Crippen MR) is 117 cm³/mol. The number of ether oxygens (including phenoxy) is 1. The first-order valence-electron chi connectivity index (χ1n) is 9.91. The van der Waals surface area contributed by atoms with Crippen molar-refractivity contribution < 1.29 is 32.6 Å². The largest absolute Gasteiger partial charge is 0.480 e. The van der Waals surface area contributed by atoms with E-state index >= 15 is 0 Å². The van der Waals surface area contributed by atoms with E-state index in [2.05, 4.69) is 0 Å². The van der Waals surface area contributed by atoms with E-state index < -0.39 is 35.0 Å². The molecule has 170 valence electrons. The molecular weight excluding hydrogens is 455 g/mol. The van der Waals surface area contributed by atoms with E-state index in [0.29, 0.717) is 17.1 Å². The fraction of sp³-hybridized carbons (Fsp3) is 0.167. The van der Waals surface area contributed by atoms with Gasteiger partial charge in [0.15, 0.2) is 0 Å². The van der Waals surface area contributed by atoms with Gasteiger partial charge >= 0.3 is 12.1 Å². The molecule has 33 heavy (non-hydrogen) atoms. The van der Waals surface area contributed by atoms with Gasteiger partial charge in [-0.2, -0.15) is 13.2 Å². The van der Waals surface area contributed by atoms with E-state index in [0.717, 1.165) is 24.3 Å². The zero-order valence-corrected chi connectivity index (χ0v) is 17.8. The molecule has 0 aliphatic carbocycles. The summed E-state index contributed by atoms with van der Waals surface area (Å²) < 4.78 is 44.5. The van der Waals surface area contributed by atoms with Crippen LogP contribution in [-0.2, 0) is 11.0 Å². The number of hydrogen-bond acceptors (Lipinski definition) is 4. The number of rotatable bonds is 5. The number of thioether (sulfide) groups is 1. The van der Waals surface area contributed by atoms with Crippen molar-refractivity contribution in [3.63, 3.8) is 0 Å². The predicted octanol–water partition coefficient (Wildman–Crippen LogP) is 5.84. The lowest BCUT2D eigenvalue weighted by atomic mass is 10.1. The van der Waals surface area contributed by atoms with Crippen LogP contribution in [0.1, 0.15) is 26.9 Å². The van der Waals surface area contributed by atoms with Gasteiger partial charge in [-0.3, -0.25) is 4.79 Å². The number of alkyl halides is 3. The fourth-order valence-corrected chi connectivity index (χ4v) is 4.92. The number of carboxylic acid groups (broad SMARTS) is 1. The summed E-state index contributed by atoms with van der Waals surface area (Å²) in [4.78, 5) is 26.3. The Hall–Kier alpha value is -3.46. The van der Waals surface area contributed by atoms with Gasteiger partial charge in [-0.25, -0.2) is 4.79 Å². The maximum Gasteiger partial charge on any atom is 0.416 e. The molecule has 1 saturated heterocycles. The highest BCUT2D eigenvalue weighted by atomic mass is 32.2. The molecule has 0 saturated carbocycles. The Morgan fingerprint density at radius 3 is 2.24 bits per heavy atom. The molecule has 3 aromatic rings. The number of amides is 1. The van der Waals surface area contributed by atoms with E-state index in [1.165, 1.54) is 16.7 Å². The molecule has 3 aromatic carbocycles. The number of para-hydroxylation sites is 1. The molecule has 1 N–H and O–H groups in total. The minimum atomic E-state index is -4.53. The number of hydrogen-bond donors (Lipinski definition) is 1. The quantitative estimate of drug-likeness (QED) is 0.504. The summed E-state index contributed by atoms with van der Waals surface area (Å²) >= 11 is 1.27.